The van der Waals surface area contributed by atoms with Gasteiger partial charge in [0, 0.05) is 6.42 Å². The van der Waals surface area contributed by atoms with Gasteiger partial charge in [-0.15, -0.1) is 0 Å². The van der Waals surface area contributed by atoms with Gasteiger partial charge in [-0.25, -0.2) is 0 Å². The third-order valence-electron chi connectivity index (χ3n) is 2.29. The molecule has 1 saturated carbocycles. The van der Waals surface area contributed by atoms with Crippen molar-refractivity contribution < 1.29 is 4.79 Å². The molecule has 0 aromatic rings. The zero-order valence-corrected chi connectivity index (χ0v) is 6.79. The molecule has 1 fully saturated rings. The first kappa shape index (κ1) is 8.74. The molecule has 0 saturated heterocycles. The SMILES string of the molecule is N#CC(C#N)C(=O)CC1CCC1. The van der Waals surface area contributed by atoms with Gasteiger partial charge in [0.1, 0.15) is 0 Å². The third-order valence-corrected chi connectivity index (χ3v) is 2.29. The molecule has 0 bridgehead atoms. The predicted octanol–water partition coefficient (Wildman–Crippen LogP) is 1.41. The van der Waals surface area contributed by atoms with E-state index in [-0.39, 0.29) is 5.78 Å². The quantitative estimate of drug-likeness (QED) is 0.630. The molecule has 12 heavy (non-hydrogen) atoms. The molecule has 1 aliphatic rings. The lowest BCUT2D eigenvalue weighted by Crippen LogP contribution is -2.20. The summed E-state index contributed by atoms with van der Waals surface area (Å²) in [5.41, 5.74) is 0. The third kappa shape index (κ3) is 1.83. The number of Topliss-reactive ketones (excluding diaryl/α,β-unsaturated/α-hetero) is 1. The number of rotatable bonds is 3. The number of carbonyl (C=O) groups is 1. The van der Waals surface area contributed by atoms with Gasteiger partial charge in [0.2, 0.25) is 0 Å². The zero-order valence-electron chi connectivity index (χ0n) is 6.79. The standard InChI is InChI=1S/C9H10N2O/c10-5-8(6-11)9(12)4-7-2-1-3-7/h7-8H,1-4H2. The van der Waals surface area contributed by atoms with Crippen LogP contribution in [0.1, 0.15) is 25.7 Å². The molecule has 1 rings (SSSR count). The topological polar surface area (TPSA) is 64.7 Å². The molecule has 0 radical (unpaired) electrons. The molecule has 0 heterocycles. The second kappa shape index (κ2) is 3.88. The van der Waals surface area contributed by atoms with E-state index in [0.717, 1.165) is 12.8 Å². The van der Waals surface area contributed by atoms with Crippen LogP contribution in [-0.4, -0.2) is 5.78 Å². The van der Waals surface area contributed by atoms with Gasteiger partial charge < -0.3 is 0 Å². The fourth-order valence-corrected chi connectivity index (χ4v) is 1.27. The average Bonchev–Trinajstić information content (AvgIpc) is 1.99. The molecule has 0 aromatic carbocycles. The summed E-state index contributed by atoms with van der Waals surface area (Å²) in [6.07, 6.45) is 3.76. The number of nitrogens with zero attached hydrogens (tertiary/aromatic N) is 2. The fourth-order valence-electron chi connectivity index (χ4n) is 1.27. The normalized spacial score (nSPS) is 16.2. The summed E-state index contributed by atoms with van der Waals surface area (Å²) in [7, 11) is 0. The molecule has 62 valence electrons. The number of hydrogen-bond donors (Lipinski definition) is 0. The first-order valence-electron chi connectivity index (χ1n) is 4.10. The molecule has 1 aliphatic carbocycles. The van der Waals surface area contributed by atoms with Crippen LogP contribution >= 0.6 is 0 Å². The fraction of sp³-hybridized carbons (Fsp3) is 0.667. The van der Waals surface area contributed by atoms with Crippen molar-refractivity contribution in [1.82, 2.24) is 0 Å². The van der Waals surface area contributed by atoms with Crippen molar-refractivity contribution in [2.24, 2.45) is 11.8 Å². The minimum absolute atomic E-state index is 0.204. The summed E-state index contributed by atoms with van der Waals surface area (Å²) in [5, 5.41) is 16.8. The second-order valence-corrected chi connectivity index (χ2v) is 3.16. The molecule has 0 atom stereocenters. The molecule has 0 amide bonds. The molecule has 0 unspecified atom stereocenters. The van der Waals surface area contributed by atoms with E-state index in [4.69, 9.17) is 10.5 Å². The highest BCUT2D eigenvalue weighted by atomic mass is 16.1. The van der Waals surface area contributed by atoms with Gasteiger partial charge in [0.25, 0.3) is 0 Å². The van der Waals surface area contributed by atoms with Gasteiger partial charge in [-0.1, -0.05) is 19.3 Å². The Balaban J connectivity index is 2.37. The van der Waals surface area contributed by atoms with E-state index in [2.05, 4.69) is 0 Å². The second-order valence-electron chi connectivity index (χ2n) is 3.16. The van der Waals surface area contributed by atoms with E-state index in [1.165, 1.54) is 6.42 Å². The van der Waals surface area contributed by atoms with E-state index in [1.807, 2.05) is 0 Å². The Kier molecular flexibility index (Phi) is 2.82. The molecule has 0 aliphatic heterocycles. The highest BCUT2D eigenvalue weighted by molar-refractivity contribution is 5.85. The van der Waals surface area contributed by atoms with Crippen molar-refractivity contribution in [3.8, 4) is 12.1 Å². The summed E-state index contributed by atoms with van der Waals surface area (Å²) < 4.78 is 0. The van der Waals surface area contributed by atoms with Gasteiger partial charge in [-0.2, -0.15) is 10.5 Å². The van der Waals surface area contributed by atoms with Crippen LogP contribution in [0.5, 0.6) is 0 Å². The molecule has 0 spiro atoms. The van der Waals surface area contributed by atoms with Gasteiger partial charge >= 0.3 is 0 Å². The summed E-state index contributed by atoms with van der Waals surface area (Å²) in [4.78, 5) is 11.2. The van der Waals surface area contributed by atoms with Crippen LogP contribution in [0.3, 0.4) is 0 Å². The number of carbonyl (C=O) groups excluding carboxylic acids is 1. The lowest BCUT2D eigenvalue weighted by molar-refractivity contribution is -0.121. The monoisotopic (exact) mass is 162 g/mol. The van der Waals surface area contributed by atoms with Crippen molar-refractivity contribution >= 4 is 5.78 Å². The Morgan fingerprint density at radius 1 is 1.42 bits per heavy atom. The van der Waals surface area contributed by atoms with Crippen molar-refractivity contribution in [2.45, 2.75) is 25.7 Å². The van der Waals surface area contributed by atoms with Crippen LogP contribution < -0.4 is 0 Å². The first-order chi connectivity index (χ1) is 5.77. The number of ketones is 1. The highest BCUT2D eigenvalue weighted by Crippen LogP contribution is 2.30. The van der Waals surface area contributed by atoms with Crippen LogP contribution in [0.25, 0.3) is 0 Å². The van der Waals surface area contributed by atoms with Crippen LogP contribution in [-0.2, 0) is 4.79 Å². The van der Waals surface area contributed by atoms with Crippen molar-refractivity contribution in [1.29, 1.82) is 10.5 Å². The van der Waals surface area contributed by atoms with E-state index in [0.29, 0.717) is 12.3 Å². The lowest BCUT2D eigenvalue weighted by atomic mass is 9.80. The van der Waals surface area contributed by atoms with Gasteiger partial charge in [-0.05, 0) is 5.92 Å². The summed E-state index contributed by atoms with van der Waals surface area (Å²) in [6.45, 7) is 0. The van der Waals surface area contributed by atoms with Crippen molar-refractivity contribution in [2.75, 3.05) is 0 Å². The van der Waals surface area contributed by atoms with E-state index >= 15 is 0 Å². The smallest absolute Gasteiger partial charge is 0.191 e. The Morgan fingerprint density at radius 3 is 2.33 bits per heavy atom. The van der Waals surface area contributed by atoms with E-state index in [1.54, 1.807) is 12.1 Å². The van der Waals surface area contributed by atoms with Gasteiger partial charge in [0.15, 0.2) is 11.7 Å². The van der Waals surface area contributed by atoms with Gasteiger partial charge in [-0.3, -0.25) is 4.79 Å². The Morgan fingerprint density at radius 2 is 2.00 bits per heavy atom. The number of nitriles is 2. The van der Waals surface area contributed by atoms with Crippen LogP contribution in [0, 0.1) is 34.5 Å². The molecule has 0 N–H and O–H groups in total. The number of hydrogen-bond acceptors (Lipinski definition) is 3. The zero-order chi connectivity index (χ0) is 8.97. The van der Waals surface area contributed by atoms with E-state index < -0.39 is 5.92 Å². The summed E-state index contributed by atoms with van der Waals surface area (Å²) >= 11 is 0. The maximum absolute atomic E-state index is 11.2. The van der Waals surface area contributed by atoms with E-state index in [9.17, 15) is 4.79 Å². The maximum atomic E-state index is 11.2. The average molecular weight is 162 g/mol. The maximum Gasteiger partial charge on any atom is 0.191 e. The van der Waals surface area contributed by atoms with Gasteiger partial charge in [0.05, 0.1) is 12.1 Å². The summed E-state index contributed by atoms with van der Waals surface area (Å²) in [6, 6.07) is 3.39. The molecular formula is C9H10N2O. The van der Waals surface area contributed by atoms with Crippen LogP contribution in [0.2, 0.25) is 0 Å². The summed E-state index contributed by atoms with van der Waals surface area (Å²) in [5.74, 6) is -0.794. The van der Waals surface area contributed by atoms with Crippen molar-refractivity contribution in [3.63, 3.8) is 0 Å². The first-order valence-corrected chi connectivity index (χ1v) is 4.10. The Hall–Kier alpha value is -1.35. The minimum atomic E-state index is -1.04. The predicted molar refractivity (Wildman–Crippen MR) is 41.7 cm³/mol. The largest absolute Gasteiger partial charge is 0.297 e. The molecular weight excluding hydrogens is 152 g/mol. The van der Waals surface area contributed by atoms with Crippen molar-refractivity contribution in [3.05, 3.63) is 0 Å². The minimum Gasteiger partial charge on any atom is -0.297 e. The Labute approximate surface area is 71.6 Å². The lowest BCUT2D eigenvalue weighted by Gasteiger charge is -2.24. The molecule has 3 heteroatoms. The Bertz CT molecular complexity index is 241. The van der Waals surface area contributed by atoms with Crippen LogP contribution in [0.15, 0.2) is 0 Å². The molecule has 3 nitrogen and oxygen atoms in total. The van der Waals surface area contributed by atoms with Crippen LogP contribution in [0.4, 0.5) is 0 Å². The molecule has 0 aromatic heterocycles. The highest BCUT2D eigenvalue weighted by Gasteiger charge is 2.25.